The molecule has 8 nitrogen and oxygen atoms in total. The van der Waals surface area contributed by atoms with Gasteiger partial charge in [-0.25, -0.2) is 0 Å². The van der Waals surface area contributed by atoms with E-state index >= 15 is 0 Å². The Hall–Kier alpha value is -2.78. The van der Waals surface area contributed by atoms with Crippen LogP contribution in [0.2, 0.25) is 0 Å². The minimum atomic E-state index is -0.766. The molecule has 1 aromatic carbocycles. The highest BCUT2D eigenvalue weighted by atomic mass is 32.2. The van der Waals surface area contributed by atoms with Crippen molar-refractivity contribution >= 4 is 35.2 Å². The lowest BCUT2D eigenvalue weighted by Crippen LogP contribution is -2.60. The maximum Gasteiger partial charge on any atom is 0.247 e. The number of likely N-dealkylation sites (tertiary alicyclic amines) is 1. The number of hydrogen-bond donors (Lipinski definition) is 1. The Bertz CT molecular complexity index is 1170. The standard InChI is InChI=1S/C33H47N3O5S/c1-8-12-22(6)34(17-9-2)32(40)29-33-21(5)19-26(42-33)27(28(33)31(39)36(29)23(7)20-37)30(38)35(18-10-3)24-13-15-25(16-14-24)41-11-4/h9-10,13-16,21-23,26-29,37H,2-3,8,11-12,17-20H2,1,4-7H3/t21?,22?,23-,26-,27+,28+,29?,33?/m1/s1. The summed E-state index contributed by atoms with van der Waals surface area (Å²) in [5.41, 5.74) is 0.711. The molecule has 3 fully saturated rings. The molecular weight excluding hydrogens is 550 g/mol. The molecule has 0 saturated carbocycles. The van der Waals surface area contributed by atoms with E-state index in [1.807, 2.05) is 43.0 Å². The monoisotopic (exact) mass is 597 g/mol. The first-order valence-electron chi connectivity index (χ1n) is 15.3. The number of aliphatic hydroxyl groups excluding tert-OH is 1. The van der Waals surface area contributed by atoms with E-state index in [2.05, 4.69) is 27.0 Å². The van der Waals surface area contributed by atoms with Crippen molar-refractivity contribution in [2.45, 2.75) is 82.0 Å². The number of rotatable bonds is 14. The molecule has 3 aliphatic heterocycles. The highest BCUT2D eigenvalue weighted by molar-refractivity contribution is 8.02. The van der Waals surface area contributed by atoms with Gasteiger partial charge in [0, 0.05) is 30.1 Å². The van der Waals surface area contributed by atoms with E-state index in [9.17, 15) is 19.5 Å². The van der Waals surface area contributed by atoms with Gasteiger partial charge in [0.25, 0.3) is 0 Å². The highest BCUT2D eigenvalue weighted by Gasteiger charge is 2.76. The van der Waals surface area contributed by atoms with Crippen LogP contribution in [0.15, 0.2) is 49.6 Å². The second-order valence-corrected chi connectivity index (χ2v) is 13.5. The zero-order valence-corrected chi connectivity index (χ0v) is 26.5. The molecule has 3 amide bonds. The van der Waals surface area contributed by atoms with E-state index < -0.39 is 28.7 Å². The third-order valence-electron chi connectivity index (χ3n) is 9.33. The third kappa shape index (κ3) is 5.27. The number of aliphatic hydroxyl groups is 1. The largest absolute Gasteiger partial charge is 0.494 e. The Kier molecular flexibility index (Phi) is 10.1. The summed E-state index contributed by atoms with van der Waals surface area (Å²) < 4.78 is 4.83. The molecule has 42 heavy (non-hydrogen) atoms. The van der Waals surface area contributed by atoms with Crippen molar-refractivity contribution in [1.82, 2.24) is 9.80 Å². The van der Waals surface area contributed by atoms with Gasteiger partial charge in [-0.05, 0) is 63.8 Å². The smallest absolute Gasteiger partial charge is 0.247 e. The van der Waals surface area contributed by atoms with Crippen LogP contribution in [0.4, 0.5) is 5.69 Å². The third-order valence-corrected chi connectivity index (χ3v) is 11.4. The van der Waals surface area contributed by atoms with Crippen LogP contribution < -0.4 is 9.64 Å². The number of benzene rings is 1. The van der Waals surface area contributed by atoms with E-state index in [-0.39, 0.29) is 41.5 Å². The fraction of sp³-hybridized carbons (Fsp3) is 0.606. The lowest BCUT2D eigenvalue weighted by atomic mass is 9.65. The van der Waals surface area contributed by atoms with Crippen LogP contribution in [-0.4, -0.2) is 87.1 Å². The maximum absolute atomic E-state index is 14.6. The van der Waals surface area contributed by atoms with Gasteiger partial charge in [0.15, 0.2) is 0 Å². The van der Waals surface area contributed by atoms with E-state index in [0.717, 1.165) is 25.0 Å². The van der Waals surface area contributed by atoms with Crippen molar-refractivity contribution < 1.29 is 24.2 Å². The molecule has 3 heterocycles. The summed E-state index contributed by atoms with van der Waals surface area (Å²) in [6.45, 7) is 18.7. The molecule has 230 valence electrons. The summed E-state index contributed by atoms with van der Waals surface area (Å²) in [6, 6.07) is 6.04. The summed E-state index contributed by atoms with van der Waals surface area (Å²) in [4.78, 5) is 48.7. The van der Waals surface area contributed by atoms with Gasteiger partial charge in [0.1, 0.15) is 11.8 Å². The van der Waals surface area contributed by atoms with E-state index in [4.69, 9.17) is 4.74 Å². The number of hydrogen-bond acceptors (Lipinski definition) is 6. The van der Waals surface area contributed by atoms with Crippen LogP contribution >= 0.6 is 11.8 Å². The van der Waals surface area contributed by atoms with Crippen LogP contribution in [-0.2, 0) is 14.4 Å². The van der Waals surface area contributed by atoms with Crippen molar-refractivity contribution in [2.75, 3.05) is 31.2 Å². The second kappa shape index (κ2) is 13.2. The average Bonchev–Trinajstić information content (AvgIpc) is 3.58. The Labute approximate surface area is 255 Å². The molecule has 3 saturated heterocycles. The minimum Gasteiger partial charge on any atom is -0.494 e. The van der Waals surface area contributed by atoms with Crippen LogP contribution in [0.1, 0.15) is 53.9 Å². The fourth-order valence-electron chi connectivity index (χ4n) is 7.46. The van der Waals surface area contributed by atoms with Gasteiger partial charge in [-0.1, -0.05) is 32.4 Å². The van der Waals surface area contributed by atoms with Gasteiger partial charge in [-0.3, -0.25) is 14.4 Å². The SMILES string of the molecule is C=CCN(C(=O)[C@@H]1[C@H]2C(=O)N([C@H](C)CO)C(C(=O)N(CC=C)C(C)CCC)C23S[C@@H]1CC3C)c1ccc(OCC)cc1. The van der Waals surface area contributed by atoms with Gasteiger partial charge < -0.3 is 24.5 Å². The van der Waals surface area contributed by atoms with Crippen molar-refractivity contribution in [3.8, 4) is 5.75 Å². The van der Waals surface area contributed by atoms with Gasteiger partial charge in [-0.2, -0.15) is 0 Å². The van der Waals surface area contributed by atoms with Crippen LogP contribution in [0.3, 0.4) is 0 Å². The van der Waals surface area contributed by atoms with Gasteiger partial charge >= 0.3 is 0 Å². The number of carbonyl (C=O) groups excluding carboxylic acids is 3. The number of carbonyl (C=O) groups is 3. The predicted molar refractivity (Wildman–Crippen MR) is 168 cm³/mol. The quantitative estimate of drug-likeness (QED) is 0.317. The number of nitrogens with zero attached hydrogens (tertiary/aromatic N) is 3. The molecule has 1 N–H and O–H groups in total. The van der Waals surface area contributed by atoms with Crippen LogP contribution in [0.25, 0.3) is 0 Å². The molecule has 9 heteroatoms. The van der Waals surface area contributed by atoms with Gasteiger partial charge in [0.2, 0.25) is 17.7 Å². The Morgan fingerprint density at radius 3 is 2.40 bits per heavy atom. The molecule has 1 spiro atoms. The van der Waals surface area contributed by atoms with Gasteiger partial charge in [0.05, 0.1) is 35.8 Å². The molecule has 3 aliphatic rings. The number of anilines is 1. The molecule has 8 atom stereocenters. The molecule has 0 aliphatic carbocycles. The normalized spacial score (nSPS) is 29.1. The Balaban J connectivity index is 1.77. The zero-order valence-electron chi connectivity index (χ0n) is 25.7. The van der Waals surface area contributed by atoms with Crippen molar-refractivity contribution in [1.29, 1.82) is 0 Å². The topological polar surface area (TPSA) is 90.4 Å². The molecule has 1 aromatic rings. The fourth-order valence-corrected chi connectivity index (χ4v) is 9.86. The highest BCUT2D eigenvalue weighted by Crippen LogP contribution is 2.69. The Morgan fingerprint density at radius 1 is 1.17 bits per heavy atom. The molecule has 4 unspecified atom stereocenters. The summed E-state index contributed by atoms with van der Waals surface area (Å²) in [5.74, 6) is -0.934. The molecule has 4 rings (SSSR count). The minimum absolute atomic E-state index is 0.0311. The first-order chi connectivity index (χ1) is 20.1. The summed E-state index contributed by atoms with van der Waals surface area (Å²) >= 11 is 1.66. The summed E-state index contributed by atoms with van der Waals surface area (Å²) in [5, 5.41) is 10.2. The van der Waals surface area contributed by atoms with Crippen LogP contribution in [0.5, 0.6) is 5.75 Å². The number of fused-ring (bicyclic) bond motifs is 1. The van der Waals surface area contributed by atoms with Crippen LogP contribution in [0, 0.1) is 17.8 Å². The summed E-state index contributed by atoms with van der Waals surface area (Å²) in [6.07, 6.45) is 5.92. The molecule has 2 bridgehead atoms. The number of amides is 3. The first-order valence-corrected chi connectivity index (χ1v) is 16.2. The first kappa shape index (κ1) is 32.1. The van der Waals surface area contributed by atoms with E-state index in [1.165, 1.54) is 0 Å². The van der Waals surface area contributed by atoms with Gasteiger partial charge in [-0.15, -0.1) is 24.9 Å². The average molecular weight is 598 g/mol. The lowest BCUT2D eigenvalue weighted by Gasteiger charge is -2.43. The Morgan fingerprint density at radius 2 is 1.83 bits per heavy atom. The van der Waals surface area contributed by atoms with Crippen molar-refractivity contribution in [2.24, 2.45) is 17.8 Å². The second-order valence-electron chi connectivity index (χ2n) is 11.9. The van der Waals surface area contributed by atoms with Crippen molar-refractivity contribution in [3.05, 3.63) is 49.6 Å². The number of ether oxygens (including phenoxy) is 1. The van der Waals surface area contributed by atoms with Crippen molar-refractivity contribution in [3.63, 3.8) is 0 Å². The lowest BCUT2D eigenvalue weighted by molar-refractivity contribution is -0.146. The molecular formula is C33H47N3O5S. The van der Waals surface area contributed by atoms with E-state index in [1.54, 1.807) is 40.6 Å². The van der Waals surface area contributed by atoms with E-state index in [0.29, 0.717) is 25.4 Å². The number of thioether (sulfide) groups is 1. The molecule has 0 aromatic heterocycles. The predicted octanol–water partition coefficient (Wildman–Crippen LogP) is 4.53. The maximum atomic E-state index is 14.6. The molecule has 0 radical (unpaired) electrons. The summed E-state index contributed by atoms with van der Waals surface area (Å²) in [7, 11) is 0. The zero-order chi connectivity index (χ0) is 30.8.